The number of benzene rings is 2. The third-order valence-electron chi connectivity index (χ3n) is 4.12. The number of hydrogen-bond acceptors (Lipinski definition) is 5. The molecule has 2 aromatic carbocycles. The smallest absolute Gasteiger partial charge is 0.341 e. The Labute approximate surface area is 176 Å². The number of nitrogens with one attached hydrogen (secondary N) is 2. The molecule has 0 heterocycles. The molecule has 0 spiro atoms. The summed E-state index contributed by atoms with van der Waals surface area (Å²) in [6.07, 6.45) is -4.75. The molecule has 0 aromatic heterocycles. The Kier molecular flexibility index (Phi) is 7.77. The molecule has 0 aliphatic heterocycles. The van der Waals surface area contributed by atoms with Crippen LogP contribution in [-0.4, -0.2) is 38.6 Å². The summed E-state index contributed by atoms with van der Waals surface area (Å²) in [5.74, 6) is -3.62. The van der Waals surface area contributed by atoms with Crippen molar-refractivity contribution in [3.05, 3.63) is 71.3 Å². The van der Waals surface area contributed by atoms with Crippen LogP contribution < -0.4 is 10.6 Å². The highest BCUT2D eigenvalue weighted by Crippen LogP contribution is 2.32. The highest BCUT2D eigenvalue weighted by atomic mass is 32.2. The van der Waals surface area contributed by atoms with Crippen molar-refractivity contribution in [1.29, 1.82) is 5.26 Å². The van der Waals surface area contributed by atoms with Gasteiger partial charge in [0, 0.05) is 5.56 Å². The number of hydrogen-bond donors (Lipinski definition) is 2. The molecule has 0 saturated carbocycles. The van der Waals surface area contributed by atoms with E-state index in [1.807, 2.05) is 0 Å². The molecule has 2 aromatic rings. The van der Waals surface area contributed by atoms with Crippen LogP contribution >= 0.6 is 0 Å². The van der Waals surface area contributed by atoms with Crippen molar-refractivity contribution in [2.45, 2.75) is 18.0 Å². The number of carbonyl (C=O) groups excluding carboxylic acids is 2. The Morgan fingerprint density at radius 1 is 1.03 bits per heavy atom. The molecular formula is C20H18F3N3O4S. The Hall–Kier alpha value is -3.39. The van der Waals surface area contributed by atoms with Crippen LogP contribution in [-0.2, 0) is 26.6 Å². The second-order valence-corrected chi connectivity index (χ2v) is 8.59. The summed E-state index contributed by atoms with van der Waals surface area (Å²) < 4.78 is 64.7. The van der Waals surface area contributed by atoms with Crippen LogP contribution in [0, 0.1) is 11.3 Å². The van der Waals surface area contributed by atoms with E-state index in [9.17, 15) is 31.2 Å². The maximum atomic E-state index is 13.2. The Balaban J connectivity index is 2.26. The molecule has 2 rings (SSSR count). The van der Waals surface area contributed by atoms with E-state index in [4.69, 9.17) is 5.26 Å². The second-order valence-electron chi connectivity index (χ2n) is 6.48. The third kappa shape index (κ3) is 7.11. The van der Waals surface area contributed by atoms with Gasteiger partial charge in [0.1, 0.15) is 12.6 Å². The van der Waals surface area contributed by atoms with Gasteiger partial charge < -0.3 is 10.6 Å². The zero-order valence-corrected chi connectivity index (χ0v) is 16.8. The molecule has 2 N–H and O–H groups in total. The summed E-state index contributed by atoms with van der Waals surface area (Å²) in [7, 11) is -4.27. The molecule has 7 nitrogen and oxygen atoms in total. The largest absolute Gasteiger partial charge is 0.416 e. The number of rotatable bonds is 8. The molecule has 11 heteroatoms. The quantitative estimate of drug-likeness (QED) is 0.594. The number of carbonyl (C=O) groups is 2. The predicted octanol–water partition coefficient (Wildman–Crippen LogP) is 2.06. The molecule has 0 aliphatic rings. The van der Waals surface area contributed by atoms with Gasteiger partial charge >= 0.3 is 6.18 Å². The van der Waals surface area contributed by atoms with Crippen LogP contribution in [0.2, 0.25) is 0 Å². The van der Waals surface area contributed by atoms with E-state index in [1.54, 1.807) is 24.3 Å². The van der Waals surface area contributed by atoms with E-state index in [0.29, 0.717) is 0 Å². The average Bonchev–Trinajstić information content (AvgIpc) is 2.71. The number of nitrogens with zero attached hydrogens (tertiary/aromatic N) is 1. The Morgan fingerprint density at radius 3 is 2.26 bits per heavy atom. The maximum absolute atomic E-state index is 13.2. The van der Waals surface area contributed by atoms with Gasteiger partial charge in [-0.1, -0.05) is 36.4 Å². The molecule has 0 radical (unpaired) electrons. The van der Waals surface area contributed by atoms with Crippen LogP contribution in [0.4, 0.5) is 13.2 Å². The van der Waals surface area contributed by atoms with Crippen LogP contribution in [0.5, 0.6) is 0 Å². The molecule has 0 bridgehead atoms. The van der Waals surface area contributed by atoms with Crippen molar-refractivity contribution in [2.24, 2.45) is 0 Å². The summed E-state index contributed by atoms with van der Waals surface area (Å²) >= 11 is 0. The van der Waals surface area contributed by atoms with E-state index >= 15 is 0 Å². The molecule has 0 unspecified atom stereocenters. The molecule has 0 aliphatic carbocycles. The fourth-order valence-electron chi connectivity index (χ4n) is 2.74. The van der Waals surface area contributed by atoms with Gasteiger partial charge in [-0.25, -0.2) is 8.42 Å². The van der Waals surface area contributed by atoms with E-state index in [0.717, 1.165) is 18.2 Å². The van der Waals surface area contributed by atoms with Gasteiger partial charge in [-0.2, -0.15) is 18.4 Å². The highest BCUT2D eigenvalue weighted by molar-refractivity contribution is 7.90. The van der Waals surface area contributed by atoms with Gasteiger partial charge in [0.25, 0.3) is 5.91 Å². The molecular weight excluding hydrogens is 435 g/mol. The van der Waals surface area contributed by atoms with Crippen molar-refractivity contribution < 1.29 is 31.2 Å². The van der Waals surface area contributed by atoms with Gasteiger partial charge in [-0.15, -0.1) is 0 Å². The summed E-state index contributed by atoms with van der Waals surface area (Å²) in [6, 6.07) is 11.9. The minimum Gasteiger partial charge on any atom is -0.341 e. The summed E-state index contributed by atoms with van der Waals surface area (Å²) in [5, 5.41) is 13.0. The molecule has 2 amide bonds. The normalized spacial score (nSPS) is 12.5. The molecule has 164 valence electrons. The Bertz CT molecular complexity index is 1080. The standard InChI is InChI=1S/C20H18F3N3O4S/c21-20(22,23)16-9-5-4-8-15(16)12-31(29,30)13-17(19(28)25-11-10-24)26-18(27)14-6-2-1-3-7-14/h1-9,17H,11-13H2,(H,25,28)(H,26,27)/t17-/m0/s1. The second kappa shape index (κ2) is 10.1. The number of halogens is 3. The number of amides is 2. The summed E-state index contributed by atoms with van der Waals surface area (Å²) in [5.41, 5.74) is -1.42. The fourth-order valence-corrected chi connectivity index (χ4v) is 4.32. The summed E-state index contributed by atoms with van der Waals surface area (Å²) in [6.45, 7) is -0.437. The first-order chi connectivity index (χ1) is 14.5. The summed E-state index contributed by atoms with van der Waals surface area (Å²) in [4.78, 5) is 24.7. The van der Waals surface area contributed by atoms with Crippen molar-refractivity contribution in [3.8, 4) is 6.07 Å². The van der Waals surface area contributed by atoms with Gasteiger partial charge in [0.2, 0.25) is 5.91 Å². The van der Waals surface area contributed by atoms with Crippen LogP contribution in [0.1, 0.15) is 21.5 Å². The van der Waals surface area contributed by atoms with Crippen LogP contribution in [0.3, 0.4) is 0 Å². The first kappa shape index (κ1) is 23.9. The van der Waals surface area contributed by atoms with E-state index in [-0.39, 0.29) is 5.56 Å². The predicted molar refractivity (Wildman–Crippen MR) is 105 cm³/mol. The van der Waals surface area contributed by atoms with E-state index in [1.165, 1.54) is 18.2 Å². The minimum atomic E-state index is -4.75. The topological polar surface area (TPSA) is 116 Å². The SMILES string of the molecule is N#CCNC(=O)[C@H](CS(=O)(=O)Cc1ccccc1C(F)(F)F)NC(=O)c1ccccc1. The monoisotopic (exact) mass is 453 g/mol. The average molecular weight is 453 g/mol. The lowest BCUT2D eigenvalue weighted by atomic mass is 10.1. The zero-order chi connectivity index (χ0) is 23.1. The van der Waals surface area contributed by atoms with Crippen molar-refractivity contribution in [3.63, 3.8) is 0 Å². The first-order valence-corrected chi connectivity index (χ1v) is 10.7. The third-order valence-corrected chi connectivity index (χ3v) is 5.71. The highest BCUT2D eigenvalue weighted by Gasteiger charge is 2.35. The Morgan fingerprint density at radius 2 is 1.65 bits per heavy atom. The number of nitriles is 1. The lowest BCUT2D eigenvalue weighted by Crippen LogP contribution is -2.50. The lowest BCUT2D eigenvalue weighted by molar-refractivity contribution is -0.138. The molecule has 31 heavy (non-hydrogen) atoms. The minimum absolute atomic E-state index is 0.153. The molecule has 0 saturated heterocycles. The van der Waals surface area contributed by atoms with Gasteiger partial charge in [0.05, 0.1) is 23.1 Å². The van der Waals surface area contributed by atoms with Gasteiger partial charge in [-0.05, 0) is 23.8 Å². The molecule has 1 atom stereocenters. The van der Waals surface area contributed by atoms with Gasteiger partial charge in [-0.3, -0.25) is 9.59 Å². The molecule has 0 fully saturated rings. The zero-order valence-electron chi connectivity index (χ0n) is 16.0. The van der Waals surface area contributed by atoms with Crippen molar-refractivity contribution >= 4 is 21.7 Å². The fraction of sp³-hybridized carbons (Fsp3) is 0.250. The maximum Gasteiger partial charge on any atom is 0.416 e. The van der Waals surface area contributed by atoms with E-state index in [2.05, 4.69) is 10.6 Å². The van der Waals surface area contributed by atoms with Crippen LogP contribution in [0.15, 0.2) is 54.6 Å². The van der Waals surface area contributed by atoms with Gasteiger partial charge in [0.15, 0.2) is 9.84 Å². The first-order valence-electron chi connectivity index (χ1n) is 8.89. The number of sulfone groups is 1. The van der Waals surface area contributed by atoms with Crippen molar-refractivity contribution in [1.82, 2.24) is 10.6 Å². The number of alkyl halides is 3. The van der Waals surface area contributed by atoms with Crippen molar-refractivity contribution in [2.75, 3.05) is 12.3 Å². The van der Waals surface area contributed by atoms with Crippen LogP contribution in [0.25, 0.3) is 0 Å². The van der Waals surface area contributed by atoms with E-state index < -0.39 is 63.0 Å². The lowest BCUT2D eigenvalue weighted by Gasteiger charge is -2.19.